The van der Waals surface area contributed by atoms with Gasteiger partial charge in [-0.15, -0.1) is 0 Å². The number of hydrogen-bond acceptors (Lipinski definition) is 2. The molecule has 0 aliphatic carbocycles. The highest BCUT2D eigenvalue weighted by molar-refractivity contribution is 9.10. The van der Waals surface area contributed by atoms with E-state index in [4.69, 9.17) is 23.2 Å². The molecule has 0 saturated heterocycles. The smallest absolute Gasteiger partial charge is 0.143 e. The predicted molar refractivity (Wildman–Crippen MR) is 84.1 cm³/mol. The van der Waals surface area contributed by atoms with Crippen LogP contribution in [-0.4, -0.2) is 5.11 Å². The Bertz CT molecular complexity index is 585. The van der Waals surface area contributed by atoms with E-state index in [0.29, 0.717) is 19.4 Å². The maximum Gasteiger partial charge on any atom is 0.143 e. The molecular formula is C12H6Br2Cl2OS. The quantitative estimate of drug-likeness (QED) is 0.599. The standard InChI is InChI=1S/C12H6Br2Cl2OS/c13-6-1-7(15)3-9(2-6)18-11-5-8(16)4-10(14)12(11)17/h1-5,17H. The fraction of sp³-hybridized carbons (Fsp3) is 0. The van der Waals surface area contributed by atoms with E-state index in [9.17, 15) is 5.11 Å². The molecule has 1 N–H and O–H groups in total. The molecule has 6 heteroatoms. The molecule has 0 unspecified atom stereocenters. The van der Waals surface area contributed by atoms with E-state index < -0.39 is 0 Å². The summed E-state index contributed by atoms with van der Waals surface area (Å²) in [6, 6.07) is 8.91. The number of phenols is 1. The van der Waals surface area contributed by atoms with Crippen molar-refractivity contribution in [2.75, 3.05) is 0 Å². The number of aromatic hydroxyl groups is 1. The molecule has 0 radical (unpaired) electrons. The van der Waals surface area contributed by atoms with Gasteiger partial charge in [-0.05, 0) is 46.3 Å². The van der Waals surface area contributed by atoms with Crippen LogP contribution in [0.25, 0.3) is 0 Å². The van der Waals surface area contributed by atoms with Crippen LogP contribution in [0.5, 0.6) is 5.75 Å². The normalized spacial score (nSPS) is 10.7. The Labute approximate surface area is 136 Å². The van der Waals surface area contributed by atoms with Gasteiger partial charge in [0.15, 0.2) is 0 Å². The highest BCUT2D eigenvalue weighted by Crippen LogP contribution is 2.41. The molecule has 0 heterocycles. The Morgan fingerprint density at radius 1 is 0.944 bits per heavy atom. The Morgan fingerprint density at radius 3 is 2.28 bits per heavy atom. The third-order valence-corrected chi connectivity index (χ3v) is 4.56. The van der Waals surface area contributed by atoms with Gasteiger partial charge in [0.25, 0.3) is 0 Å². The first-order valence-corrected chi connectivity index (χ1v) is 7.93. The van der Waals surface area contributed by atoms with Gasteiger partial charge < -0.3 is 5.11 Å². The summed E-state index contributed by atoms with van der Waals surface area (Å²) in [5.74, 6) is 0.167. The van der Waals surface area contributed by atoms with Crippen LogP contribution < -0.4 is 0 Å². The summed E-state index contributed by atoms with van der Waals surface area (Å²) < 4.78 is 1.46. The van der Waals surface area contributed by atoms with E-state index in [1.54, 1.807) is 18.2 Å². The largest absolute Gasteiger partial charge is 0.506 e. The lowest BCUT2D eigenvalue weighted by atomic mass is 10.3. The second-order valence-electron chi connectivity index (χ2n) is 3.44. The van der Waals surface area contributed by atoms with Gasteiger partial charge in [-0.1, -0.05) is 50.9 Å². The average molecular weight is 429 g/mol. The summed E-state index contributed by atoms with van der Waals surface area (Å²) in [6.07, 6.45) is 0. The molecule has 2 rings (SSSR count). The highest BCUT2D eigenvalue weighted by Gasteiger charge is 2.10. The van der Waals surface area contributed by atoms with Crippen molar-refractivity contribution < 1.29 is 5.11 Å². The van der Waals surface area contributed by atoms with Crippen molar-refractivity contribution >= 4 is 66.8 Å². The van der Waals surface area contributed by atoms with Crippen molar-refractivity contribution in [3.63, 3.8) is 0 Å². The molecule has 0 bridgehead atoms. The molecule has 0 amide bonds. The molecule has 0 saturated carbocycles. The molecule has 2 aromatic carbocycles. The molecule has 0 aromatic heterocycles. The van der Waals surface area contributed by atoms with E-state index in [0.717, 1.165) is 9.37 Å². The summed E-state index contributed by atoms with van der Waals surface area (Å²) in [4.78, 5) is 1.59. The molecule has 94 valence electrons. The van der Waals surface area contributed by atoms with Gasteiger partial charge in [0.05, 0.1) is 9.37 Å². The van der Waals surface area contributed by atoms with Crippen LogP contribution in [0, 0.1) is 0 Å². The third kappa shape index (κ3) is 3.58. The molecule has 2 aromatic rings. The van der Waals surface area contributed by atoms with Crippen molar-refractivity contribution in [2.45, 2.75) is 9.79 Å². The number of hydrogen-bond donors (Lipinski definition) is 1. The lowest BCUT2D eigenvalue weighted by Crippen LogP contribution is -1.79. The number of rotatable bonds is 2. The molecular weight excluding hydrogens is 423 g/mol. The second-order valence-corrected chi connectivity index (χ2v) is 7.20. The highest BCUT2D eigenvalue weighted by atomic mass is 79.9. The van der Waals surface area contributed by atoms with E-state index >= 15 is 0 Å². The summed E-state index contributed by atoms with van der Waals surface area (Å²) in [6.45, 7) is 0. The SMILES string of the molecule is Oc1c(Br)cc(Cl)cc1Sc1cc(Cl)cc(Br)c1. The molecule has 0 aliphatic rings. The monoisotopic (exact) mass is 426 g/mol. The van der Waals surface area contributed by atoms with Gasteiger partial charge in [-0.2, -0.15) is 0 Å². The van der Waals surface area contributed by atoms with Crippen LogP contribution in [0.15, 0.2) is 49.1 Å². The minimum atomic E-state index is 0.167. The maximum atomic E-state index is 9.95. The number of phenolic OH excluding ortho intramolecular Hbond substituents is 1. The number of benzene rings is 2. The fourth-order valence-corrected chi connectivity index (χ4v) is 4.44. The van der Waals surface area contributed by atoms with Crippen molar-refractivity contribution in [1.82, 2.24) is 0 Å². The molecule has 0 aliphatic heterocycles. The second kappa shape index (κ2) is 6.06. The molecule has 1 nitrogen and oxygen atoms in total. The summed E-state index contributed by atoms with van der Waals surface area (Å²) in [7, 11) is 0. The first-order valence-electron chi connectivity index (χ1n) is 4.77. The Morgan fingerprint density at radius 2 is 1.61 bits per heavy atom. The van der Waals surface area contributed by atoms with Gasteiger partial charge in [0, 0.05) is 19.4 Å². The zero-order valence-electron chi connectivity index (χ0n) is 8.75. The van der Waals surface area contributed by atoms with E-state index in [1.165, 1.54) is 11.8 Å². The lowest BCUT2D eigenvalue weighted by molar-refractivity contribution is 0.459. The van der Waals surface area contributed by atoms with E-state index in [-0.39, 0.29) is 5.75 Å². The molecule has 0 fully saturated rings. The number of halogens is 4. The van der Waals surface area contributed by atoms with Crippen LogP contribution in [0.1, 0.15) is 0 Å². The Balaban J connectivity index is 2.39. The molecule has 18 heavy (non-hydrogen) atoms. The first kappa shape index (κ1) is 14.5. The van der Waals surface area contributed by atoms with Crippen LogP contribution in [-0.2, 0) is 0 Å². The molecule has 0 spiro atoms. The van der Waals surface area contributed by atoms with Crippen molar-refractivity contribution in [1.29, 1.82) is 0 Å². The fourth-order valence-electron chi connectivity index (χ4n) is 1.33. The zero-order chi connectivity index (χ0) is 13.3. The van der Waals surface area contributed by atoms with Gasteiger partial charge in [-0.25, -0.2) is 0 Å². The summed E-state index contributed by atoms with van der Waals surface area (Å²) in [5, 5.41) is 11.1. The molecule has 0 atom stereocenters. The van der Waals surface area contributed by atoms with Crippen molar-refractivity contribution in [2.24, 2.45) is 0 Å². The first-order chi connectivity index (χ1) is 8.45. The van der Waals surface area contributed by atoms with Crippen LogP contribution in [0.4, 0.5) is 0 Å². The van der Waals surface area contributed by atoms with Crippen molar-refractivity contribution in [3.05, 3.63) is 49.3 Å². The minimum Gasteiger partial charge on any atom is -0.506 e. The maximum absolute atomic E-state index is 9.95. The minimum absolute atomic E-state index is 0.167. The van der Waals surface area contributed by atoms with Gasteiger partial charge in [0.1, 0.15) is 5.75 Å². The van der Waals surface area contributed by atoms with Gasteiger partial charge in [-0.3, -0.25) is 0 Å². The Hall–Kier alpha value is 0.130. The lowest BCUT2D eigenvalue weighted by Gasteiger charge is -2.08. The Kier molecular flexibility index (Phi) is 4.89. The topological polar surface area (TPSA) is 20.2 Å². The van der Waals surface area contributed by atoms with Gasteiger partial charge >= 0.3 is 0 Å². The van der Waals surface area contributed by atoms with Crippen molar-refractivity contribution in [3.8, 4) is 5.75 Å². The average Bonchev–Trinajstić information content (AvgIpc) is 2.23. The van der Waals surface area contributed by atoms with Crippen LogP contribution in [0.3, 0.4) is 0 Å². The van der Waals surface area contributed by atoms with E-state index in [2.05, 4.69) is 31.9 Å². The summed E-state index contributed by atoms with van der Waals surface area (Å²) in [5.41, 5.74) is 0. The van der Waals surface area contributed by atoms with Gasteiger partial charge in [0.2, 0.25) is 0 Å². The third-order valence-electron chi connectivity index (χ3n) is 2.06. The van der Waals surface area contributed by atoms with Crippen LogP contribution >= 0.6 is 66.8 Å². The summed E-state index contributed by atoms with van der Waals surface area (Å²) >= 11 is 20.0. The zero-order valence-corrected chi connectivity index (χ0v) is 14.3. The van der Waals surface area contributed by atoms with E-state index in [1.807, 2.05) is 12.1 Å². The predicted octanol–water partition coefficient (Wildman–Crippen LogP) is 6.38. The van der Waals surface area contributed by atoms with Crippen LogP contribution in [0.2, 0.25) is 10.0 Å².